The number of aromatic amines is 1. The summed E-state index contributed by atoms with van der Waals surface area (Å²) in [6, 6.07) is 15.6. The summed E-state index contributed by atoms with van der Waals surface area (Å²) in [7, 11) is 2.81. The van der Waals surface area contributed by atoms with Gasteiger partial charge in [-0.2, -0.15) is 0 Å². The van der Waals surface area contributed by atoms with Crippen molar-refractivity contribution < 1.29 is 18.7 Å². The number of imidazole rings is 1. The number of nitrogens with zero attached hydrogens (tertiary/aromatic N) is 3. The second-order valence-corrected chi connectivity index (χ2v) is 11.2. The van der Waals surface area contributed by atoms with E-state index in [2.05, 4.69) is 15.0 Å². The van der Waals surface area contributed by atoms with E-state index in [1.54, 1.807) is 37.3 Å². The standard InChI is InChI=1S/C28H21ClN4O5S2/c1-14-23(26(35)37-3)24(17-12-15(29)8-10-20(17)36-2)33-25(34)21(39-28(33)30-14)13-16-9-11-22(38-16)40-27-31-18-6-4-5-7-19(18)32-27/h4-13,24H,1-3H3,(H,31,32)/b21-13-/t24-/m1/s1. The molecule has 3 aromatic heterocycles. The van der Waals surface area contributed by atoms with Crippen LogP contribution in [0.5, 0.6) is 5.75 Å². The number of carbonyl (C=O) groups excluding carboxylic acids is 1. The minimum Gasteiger partial charge on any atom is -0.496 e. The summed E-state index contributed by atoms with van der Waals surface area (Å²) in [5.74, 6) is 0.365. The average molecular weight is 593 g/mol. The van der Waals surface area contributed by atoms with Crippen molar-refractivity contribution >= 4 is 57.8 Å². The van der Waals surface area contributed by atoms with Crippen molar-refractivity contribution in [1.82, 2.24) is 14.5 Å². The highest BCUT2D eigenvalue weighted by atomic mass is 35.5. The smallest absolute Gasteiger partial charge is 0.338 e. The molecule has 0 spiro atoms. The zero-order valence-electron chi connectivity index (χ0n) is 21.4. The third-order valence-corrected chi connectivity index (χ3v) is 8.38. The Labute approximate surface area is 240 Å². The second kappa shape index (κ2) is 10.5. The Morgan fingerprint density at radius 3 is 2.80 bits per heavy atom. The molecule has 0 bridgehead atoms. The zero-order chi connectivity index (χ0) is 28.0. The first-order valence-electron chi connectivity index (χ1n) is 12.0. The number of para-hydroxylation sites is 2. The van der Waals surface area contributed by atoms with Crippen LogP contribution in [0.1, 0.15) is 24.3 Å². The van der Waals surface area contributed by atoms with Crippen molar-refractivity contribution in [3.8, 4) is 5.75 Å². The predicted octanol–water partition coefficient (Wildman–Crippen LogP) is 4.69. The van der Waals surface area contributed by atoms with Crippen LogP contribution in [-0.4, -0.2) is 34.7 Å². The number of H-pyrrole nitrogens is 1. The van der Waals surface area contributed by atoms with E-state index in [4.69, 9.17) is 25.5 Å². The van der Waals surface area contributed by atoms with Gasteiger partial charge >= 0.3 is 5.97 Å². The van der Waals surface area contributed by atoms with E-state index in [1.165, 1.54) is 41.9 Å². The first-order chi connectivity index (χ1) is 19.4. The summed E-state index contributed by atoms with van der Waals surface area (Å²) in [5.41, 5.74) is 2.67. The summed E-state index contributed by atoms with van der Waals surface area (Å²) in [4.78, 5) is 39.6. The number of esters is 1. The van der Waals surface area contributed by atoms with Crippen LogP contribution >= 0.6 is 34.7 Å². The number of halogens is 1. The van der Waals surface area contributed by atoms with Gasteiger partial charge in [0.1, 0.15) is 17.6 Å². The molecule has 202 valence electrons. The lowest BCUT2D eigenvalue weighted by Gasteiger charge is -2.25. The minimum atomic E-state index is -0.852. The van der Waals surface area contributed by atoms with Gasteiger partial charge in [0.25, 0.3) is 5.56 Å². The highest BCUT2D eigenvalue weighted by Crippen LogP contribution is 2.37. The number of carbonyl (C=O) groups is 1. The van der Waals surface area contributed by atoms with Gasteiger partial charge in [-0.15, -0.1) is 0 Å². The van der Waals surface area contributed by atoms with Gasteiger partial charge in [-0.05, 0) is 61.2 Å². The van der Waals surface area contributed by atoms with Gasteiger partial charge in [0.05, 0.1) is 41.1 Å². The number of ether oxygens (including phenoxy) is 2. The fourth-order valence-electron chi connectivity index (χ4n) is 4.57. The number of methoxy groups -OCH3 is 2. The third-order valence-electron chi connectivity index (χ3n) is 6.35. The summed E-state index contributed by atoms with van der Waals surface area (Å²) in [6.45, 7) is 1.71. The molecule has 1 aliphatic rings. The molecule has 2 aromatic carbocycles. The molecule has 0 saturated carbocycles. The normalized spacial score (nSPS) is 15.3. The Morgan fingerprint density at radius 1 is 1.20 bits per heavy atom. The van der Waals surface area contributed by atoms with Crippen LogP contribution in [0.3, 0.4) is 0 Å². The van der Waals surface area contributed by atoms with Gasteiger partial charge < -0.3 is 18.9 Å². The van der Waals surface area contributed by atoms with Crippen LogP contribution in [0.15, 0.2) is 90.3 Å². The number of hydrogen-bond acceptors (Lipinski definition) is 9. The van der Waals surface area contributed by atoms with Gasteiger partial charge in [-0.1, -0.05) is 35.1 Å². The van der Waals surface area contributed by atoms with Crippen LogP contribution in [0.2, 0.25) is 5.02 Å². The van der Waals surface area contributed by atoms with E-state index in [0.717, 1.165) is 11.0 Å². The Kier molecular flexibility index (Phi) is 6.87. The summed E-state index contributed by atoms with van der Waals surface area (Å²) >= 11 is 8.88. The van der Waals surface area contributed by atoms with Crippen LogP contribution in [0.4, 0.5) is 0 Å². The number of nitrogens with one attached hydrogen (secondary N) is 1. The fourth-order valence-corrected chi connectivity index (χ4v) is 6.55. The molecule has 1 aliphatic heterocycles. The third kappa shape index (κ3) is 4.66. The van der Waals surface area contributed by atoms with Crippen LogP contribution < -0.4 is 19.6 Å². The number of allylic oxidation sites excluding steroid dienone is 1. The maximum Gasteiger partial charge on any atom is 0.338 e. The molecule has 0 fully saturated rings. The van der Waals surface area contributed by atoms with E-state index in [9.17, 15) is 9.59 Å². The summed E-state index contributed by atoms with van der Waals surface area (Å²) < 4.78 is 18.5. The van der Waals surface area contributed by atoms with Gasteiger partial charge in [0.2, 0.25) is 0 Å². The Hall–Kier alpha value is -4.06. The average Bonchev–Trinajstić information content (AvgIpc) is 3.65. The second-order valence-electron chi connectivity index (χ2n) is 8.78. The maximum absolute atomic E-state index is 13.8. The minimum absolute atomic E-state index is 0.226. The Morgan fingerprint density at radius 2 is 2.02 bits per heavy atom. The molecule has 1 N–H and O–H groups in total. The zero-order valence-corrected chi connectivity index (χ0v) is 23.8. The molecule has 0 radical (unpaired) electrons. The van der Waals surface area contributed by atoms with E-state index in [1.807, 2.05) is 30.3 Å². The van der Waals surface area contributed by atoms with Gasteiger partial charge in [0.15, 0.2) is 15.1 Å². The highest BCUT2D eigenvalue weighted by molar-refractivity contribution is 7.99. The number of rotatable bonds is 6. The first-order valence-corrected chi connectivity index (χ1v) is 14.0. The Bertz CT molecular complexity index is 1970. The largest absolute Gasteiger partial charge is 0.496 e. The van der Waals surface area contributed by atoms with Crippen LogP contribution in [-0.2, 0) is 9.53 Å². The van der Waals surface area contributed by atoms with Crippen molar-refractivity contribution in [2.45, 2.75) is 23.2 Å². The van der Waals surface area contributed by atoms with Crippen LogP contribution in [0.25, 0.3) is 17.1 Å². The summed E-state index contributed by atoms with van der Waals surface area (Å²) in [5, 5.41) is 1.74. The monoisotopic (exact) mass is 592 g/mol. The highest BCUT2D eigenvalue weighted by Gasteiger charge is 2.35. The van der Waals surface area contributed by atoms with Gasteiger partial charge in [-0.3, -0.25) is 9.36 Å². The molecule has 12 heteroatoms. The quantitative estimate of drug-likeness (QED) is 0.285. The van der Waals surface area contributed by atoms with Crippen molar-refractivity contribution in [3.63, 3.8) is 0 Å². The van der Waals surface area contributed by atoms with Crippen molar-refractivity contribution in [2.75, 3.05) is 14.2 Å². The Balaban J connectivity index is 1.43. The van der Waals surface area contributed by atoms with E-state index in [-0.39, 0.29) is 11.1 Å². The number of aromatic nitrogens is 3. The number of thiazole rings is 1. The lowest BCUT2D eigenvalue weighted by atomic mass is 9.95. The molecule has 0 amide bonds. The molecule has 9 nitrogen and oxygen atoms in total. The maximum atomic E-state index is 13.8. The number of hydrogen-bond donors (Lipinski definition) is 1. The molecule has 40 heavy (non-hydrogen) atoms. The molecular formula is C28H21ClN4O5S2. The first kappa shape index (κ1) is 26.2. The molecule has 5 aromatic rings. The fraction of sp³-hybridized carbons (Fsp3) is 0.143. The van der Waals surface area contributed by atoms with Crippen molar-refractivity contribution in [3.05, 3.63) is 102 Å². The molecule has 6 rings (SSSR count). The number of fused-ring (bicyclic) bond motifs is 2. The van der Waals surface area contributed by atoms with Crippen molar-refractivity contribution in [2.24, 2.45) is 4.99 Å². The molecule has 1 atom stereocenters. The molecule has 0 unspecified atom stereocenters. The van der Waals surface area contributed by atoms with Gasteiger partial charge in [0, 0.05) is 16.7 Å². The number of furan rings is 1. The molecule has 4 heterocycles. The van der Waals surface area contributed by atoms with Crippen molar-refractivity contribution in [1.29, 1.82) is 0 Å². The van der Waals surface area contributed by atoms with Gasteiger partial charge in [-0.25, -0.2) is 14.8 Å². The predicted molar refractivity (Wildman–Crippen MR) is 153 cm³/mol. The molecule has 0 saturated heterocycles. The van der Waals surface area contributed by atoms with E-state index >= 15 is 0 Å². The lowest BCUT2D eigenvalue weighted by Crippen LogP contribution is -2.40. The lowest BCUT2D eigenvalue weighted by molar-refractivity contribution is -0.136. The van der Waals surface area contributed by atoms with Crippen LogP contribution in [0, 0.1) is 0 Å². The SMILES string of the molecule is COC(=O)C1=C(C)N=c2s/c(=C\c3ccc(Sc4nc5ccccc5[nH]4)o3)c(=O)n2[C@@H]1c1cc(Cl)ccc1OC. The number of benzene rings is 2. The summed E-state index contributed by atoms with van der Waals surface area (Å²) in [6.07, 6.45) is 1.66. The molecule has 0 aliphatic carbocycles. The molecular weight excluding hydrogens is 572 g/mol. The van der Waals surface area contributed by atoms with E-state index < -0.39 is 12.0 Å². The topological polar surface area (TPSA) is 112 Å². The van der Waals surface area contributed by atoms with E-state index in [0.29, 0.717) is 47.4 Å².